The number of benzene rings is 2. The number of hydrogen-bond acceptors (Lipinski definition) is 0. The summed E-state index contributed by atoms with van der Waals surface area (Å²) >= 11 is 0. The third-order valence-electron chi connectivity index (χ3n) is 4.17. The van der Waals surface area contributed by atoms with E-state index in [9.17, 15) is 0 Å². The maximum Gasteiger partial charge on any atom is 3.00 e. The Hall–Kier alpha value is -1.38. The van der Waals surface area contributed by atoms with Gasteiger partial charge in [0.05, 0.1) is 0 Å². The zero-order valence-corrected chi connectivity index (χ0v) is 19.8. The molecule has 4 rings (SSSR count). The van der Waals surface area contributed by atoms with Crippen molar-refractivity contribution in [1.82, 2.24) is 0 Å². The number of hydrogen-bond donors (Lipinski definition) is 0. The van der Waals surface area contributed by atoms with Gasteiger partial charge in [0, 0.05) is 0 Å². The van der Waals surface area contributed by atoms with Crippen molar-refractivity contribution in [2.45, 2.75) is 39.8 Å². The fourth-order valence-electron chi connectivity index (χ4n) is 2.84. The summed E-state index contributed by atoms with van der Waals surface area (Å²) in [5, 5.41) is 5.46. The van der Waals surface area contributed by atoms with E-state index in [2.05, 4.69) is 86.6 Å². The molecular formula is C25H29ScSi. The van der Waals surface area contributed by atoms with Crippen LogP contribution in [0.25, 0.3) is 21.5 Å². The second-order valence-electron chi connectivity index (χ2n) is 6.77. The Morgan fingerprint density at radius 2 is 1.07 bits per heavy atom. The summed E-state index contributed by atoms with van der Waals surface area (Å²) in [6, 6.07) is 26.0. The molecule has 0 saturated heterocycles. The van der Waals surface area contributed by atoms with E-state index >= 15 is 0 Å². The molecular weight excluding hydrogens is 373 g/mol. The number of fused-ring (bicyclic) bond motifs is 2. The van der Waals surface area contributed by atoms with E-state index in [1.165, 1.54) is 32.7 Å². The van der Waals surface area contributed by atoms with Crippen molar-refractivity contribution in [2.24, 2.45) is 0 Å². The van der Waals surface area contributed by atoms with Crippen LogP contribution in [-0.4, -0.2) is 14.6 Å². The van der Waals surface area contributed by atoms with Crippen LogP contribution < -0.4 is 0 Å². The molecule has 0 saturated carbocycles. The zero-order chi connectivity index (χ0) is 18.9. The van der Waals surface area contributed by atoms with E-state index in [4.69, 9.17) is 6.17 Å². The Morgan fingerprint density at radius 3 is 1.37 bits per heavy atom. The van der Waals surface area contributed by atoms with Crippen molar-refractivity contribution >= 4 is 36.1 Å². The first-order chi connectivity index (χ1) is 12.5. The predicted octanol–water partition coefficient (Wildman–Crippen LogP) is 6.87. The molecule has 136 valence electrons. The molecule has 0 unspecified atom stereocenters. The smallest absolute Gasteiger partial charge is 0.527 e. The molecule has 4 aromatic carbocycles. The molecule has 4 aromatic rings. The van der Waals surface area contributed by atoms with Crippen LogP contribution in [-0.2, 0) is 38.7 Å². The van der Waals surface area contributed by atoms with Crippen LogP contribution in [0.5, 0.6) is 0 Å². The van der Waals surface area contributed by atoms with Gasteiger partial charge in [-0.15, -0.1) is 81.2 Å². The SMILES string of the molecule is CCc1cc2ccccc2[cH-]1.CCc1cc2ccccc2[cH-]1.[CH-]=[Si](C)C.[Sc+3]. The first-order valence-corrected chi connectivity index (χ1v) is 12.0. The van der Waals surface area contributed by atoms with Gasteiger partial charge in [-0.25, -0.2) is 8.41 Å². The van der Waals surface area contributed by atoms with Gasteiger partial charge < -0.3 is 6.17 Å². The third-order valence-corrected chi connectivity index (χ3v) is 4.17. The third kappa shape index (κ3) is 7.63. The molecule has 0 heterocycles. The van der Waals surface area contributed by atoms with E-state index in [1.807, 2.05) is 13.1 Å². The molecule has 0 fully saturated rings. The minimum absolute atomic E-state index is 0. The van der Waals surface area contributed by atoms with E-state index < -0.39 is 0 Å². The molecule has 0 aromatic heterocycles. The molecule has 0 aliphatic heterocycles. The Balaban J connectivity index is 0.000000220. The molecule has 0 nitrogen and oxygen atoms in total. The number of rotatable bonds is 2. The van der Waals surface area contributed by atoms with Gasteiger partial charge in [0.25, 0.3) is 0 Å². The van der Waals surface area contributed by atoms with E-state index in [0.717, 1.165) is 12.8 Å². The van der Waals surface area contributed by atoms with Crippen LogP contribution in [0.4, 0.5) is 0 Å². The summed E-state index contributed by atoms with van der Waals surface area (Å²) in [6.07, 6.45) is 7.48. The molecule has 0 spiro atoms. The molecule has 0 amide bonds. The minimum atomic E-state index is -0.380. The topological polar surface area (TPSA) is 0 Å². The summed E-state index contributed by atoms with van der Waals surface area (Å²) in [7, 11) is -0.380. The Morgan fingerprint density at radius 1 is 0.741 bits per heavy atom. The van der Waals surface area contributed by atoms with Gasteiger partial charge in [-0.1, -0.05) is 39.1 Å². The summed E-state index contributed by atoms with van der Waals surface area (Å²) < 4.78 is 0. The molecule has 0 aliphatic carbocycles. The van der Waals surface area contributed by atoms with Gasteiger partial charge in [-0.3, -0.25) is 0 Å². The fourth-order valence-corrected chi connectivity index (χ4v) is 2.84. The van der Waals surface area contributed by atoms with Crippen molar-refractivity contribution < 1.29 is 25.8 Å². The van der Waals surface area contributed by atoms with Gasteiger partial charge in [-0.2, -0.15) is 12.1 Å². The van der Waals surface area contributed by atoms with Gasteiger partial charge in [0.15, 0.2) is 0 Å². The van der Waals surface area contributed by atoms with Crippen molar-refractivity contribution in [2.75, 3.05) is 0 Å². The molecule has 0 N–H and O–H groups in total. The minimum Gasteiger partial charge on any atom is -0.527 e. The quantitative estimate of drug-likeness (QED) is 0.253. The van der Waals surface area contributed by atoms with Crippen LogP contribution >= 0.6 is 0 Å². The average Bonchev–Trinajstić information content (AvgIpc) is 3.24. The molecule has 0 radical (unpaired) electrons. The van der Waals surface area contributed by atoms with Gasteiger partial charge >= 0.3 is 25.8 Å². The molecule has 27 heavy (non-hydrogen) atoms. The molecule has 2 heteroatoms. The monoisotopic (exact) mass is 402 g/mol. The standard InChI is InChI=1S/2C11H11.C3H7Si.Sc/c2*1-2-9-7-10-5-3-4-6-11(10)8-9;1-4(2)3;/h2*3-8H,2H2,1H3;1H,2-3H3;/q3*-1;+3. The van der Waals surface area contributed by atoms with Crippen LogP contribution in [0.15, 0.2) is 72.8 Å². The summed E-state index contributed by atoms with van der Waals surface area (Å²) in [5.41, 5.74) is 2.87. The Labute approximate surface area is 185 Å². The van der Waals surface area contributed by atoms with Crippen molar-refractivity contribution in [1.29, 1.82) is 0 Å². The van der Waals surface area contributed by atoms with Crippen LogP contribution in [0, 0.1) is 0 Å². The normalized spacial score (nSPS) is 9.63. The van der Waals surface area contributed by atoms with Crippen LogP contribution in [0.2, 0.25) is 13.1 Å². The van der Waals surface area contributed by atoms with Gasteiger partial charge in [0.2, 0.25) is 0 Å². The van der Waals surface area contributed by atoms with Gasteiger partial charge in [0.1, 0.15) is 0 Å². The Kier molecular flexibility index (Phi) is 10.6. The average molecular weight is 403 g/mol. The maximum absolute atomic E-state index is 5.21. The van der Waals surface area contributed by atoms with Crippen molar-refractivity contribution in [3.05, 3.63) is 83.9 Å². The number of aryl methyl sites for hydroxylation is 2. The summed E-state index contributed by atoms with van der Waals surface area (Å²) in [6.45, 7) is 8.47. The maximum atomic E-state index is 5.21. The van der Waals surface area contributed by atoms with Crippen molar-refractivity contribution in [3.63, 3.8) is 0 Å². The second kappa shape index (κ2) is 12.1. The molecule has 0 bridgehead atoms. The second-order valence-corrected chi connectivity index (χ2v) is 8.92. The summed E-state index contributed by atoms with van der Waals surface area (Å²) in [4.78, 5) is 0. The van der Waals surface area contributed by atoms with E-state index in [0.29, 0.717) is 0 Å². The fraction of sp³-hybridized carbons (Fsp3) is 0.240. The predicted molar refractivity (Wildman–Crippen MR) is 121 cm³/mol. The molecule has 0 aliphatic rings. The first-order valence-electron chi connectivity index (χ1n) is 9.37. The van der Waals surface area contributed by atoms with E-state index in [1.54, 1.807) is 0 Å². The Bertz CT molecular complexity index is 814. The molecule has 0 atom stereocenters. The summed E-state index contributed by atoms with van der Waals surface area (Å²) in [5.74, 6) is 0. The van der Waals surface area contributed by atoms with E-state index in [-0.39, 0.29) is 34.3 Å². The van der Waals surface area contributed by atoms with Crippen molar-refractivity contribution in [3.8, 4) is 0 Å². The van der Waals surface area contributed by atoms with Gasteiger partial charge in [-0.05, 0) is 12.8 Å². The van der Waals surface area contributed by atoms with Crippen LogP contribution in [0.1, 0.15) is 25.0 Å². The first kappa shape index (κ1) is 23.7. The van der Waals surface area contributed by atoms with Crippen LogP contribution in [0.3, 0.4) is 0 Å². The largest absolute Gasteiger partial charge is 3.00 e. The zero-order valence-electron chi connectivity index (χ0n) is 17.0.